The third-order valence-electron chi connectivity index (χ3n) is 6.81. The highest BCUT2D eigenvalue weighted by molar-refractivity contribution is 9.10. The van der Waals surface area contributed by atoms with E-state index in [1.165, 1.54) is 0 Å². The number of nitrogens with one attached hydrogen (secondary N) is 1. The first-order valence-corrected chi connectivity index (χ1v) is 12.7. The van der Waals surface area contributed by atoms with Crippen molar-refractivity contribution >= 4 is 50.9 Å². The van der Waals surface area contributed by atoms with Gasteiger partial charge in [0.15, 0.2) is 0 Å². The van der Waals surface area contributed by atoms with E-state index in [2.05, 4.69) is 21.2 Å². The molecule has 0 spiro atoms. The SMILES string of the molecule is CC1(N)CCN(C(=O)[C@H](Cc2ccc(Br)cc2)NC(=O)C2(c3ccc(Cl)cc3Cl)CC2)CC1. The van der Waals surface area contributed by atoms with E-state index in [4.69, 9.17) is 28.9 Å². The van der Waals surface area contributed by atoms with Crippen molar-refractivity contribution in [1.29, 1.82) is 0 Å². The maximum atomic E-state index is 13.5. The smallest absolute Gasteiger partial charge is 0.245 e. The number of rotatable bonds is 6. The first-order valence-electron chi connectivity index (χ1n) is 11.2. The third-order valence-corrected chi connectivity index (χ3v) is 7.88. The van der Waals surface area contributed by atoms with Gasteiger partial charge in [0.25, 0.3) is 0 Å². The van der Waals surface area contributed by atoms with Gasteiger partial charge >= 0.3 is 0 Å². The van der Waals surface area contributed by atoms with Gasteiger partial charge in [-0.15, -0.1) is 0 Å². The van der Waals surface area contributed by atoms with Crippen LogP contribution < -0.4 is 11.1 Å². The second-order valence-electron chi connectivity index (χ2n) is 9.54. The number of carbonyl (C=O) groups is 2. The van der Waals surface area contributed by atoms with Crippen LogP contribution >= 0.6 is 39.1 Å². The Labute approximate surface area is 213 Å². The van der Waals surface area contributed by atoms with Crippen LogP contribution in [0.2, 0.25) is 10.0 Å². The molecule has 0 aromatic heterocycles. The monoisotopic (exact) mass is 551 g/mol. The van der Waals surface area contributed by atoms with Crippen molar-refractivity contribution in [3.8, 4) is 0 Å². The summed E-state index contributed by atoms with van der Waals surface area (Å²) in [5.41, 5.74) is 7.03. The lowest BCUT2D eigenvalue weighted by atomic mass is 9.90. The summed E-state index contributed by atoms with van der Waals surface area (Å²) in [6.07, 6.45) is 3.27. The predicted molar refractivity (Wildman–Crippen MR) is 136 cm³/mol. The van der Waals surface area contributed by atoms with Gasteiger partial charge in [0.05, 0.1) is 5.41 Å². The second-order valence-corrected chi connectivity index (χ2v) is 11.3. The first kappa shape index (κ1) is 24.5. The number of benzene rings is 2. The van der Waals surface area contributed by atoms with Crippen LogP contribution in [0, 0.1) is 0 Å². The summed E-state index contributed by atoms with van der Waals surface area (Å²) in [5.74, 6) is -0.234. The van der Waals surface area contributed by atoms with Crippen molar-refractivity contribution in [3.63, 3.8) is 0 Å². The largest absolute Gasteiger partial charge is 0.343 e. The van der Waals surface area contributed by atoms with Crippen molar-refractivity contribution in [3.05, 3.63) is 68.1 Å². The number of nitrogens with zero attached hydrogens (tertiary/aromatic N) is 1. The molecule has 2 aromatic carbocycles. The Balaban J connectivity index is 1.55. The van der Waals surface area contributed by atoms with Crippen molar-refractivity contribution in [2.75, 3.05) is 13.1 Å². The van der Waals surface area contributed by atoms with Crippen molar-refractivity contribution in [2.24, 2.45) is 5.73 Å². The highest BCUT2D eigenvalue weighted by Crippen LogP contribution is 2.51. The molecule has 5 nitrogen and oxygen atoms in total. The van der Waals surface area contributed by atoms with Crippen LogP contribution in [-0.4, -0.2) is 41.4 Å². The molecule has 176 valence electrons. The standard InChI is InChI=1S/C25H28BrCl2N3O2/c1-24(29)10-12-31(13-11-24)22(32)21(14-16-2-4-17(26)5-3-16)30-23(33)25(8-9-25)19-7-6-18(27)15-20(19)28/h2-7,15,21H,8-14,29H2,1H3,(H,30,33)/t21-/m0/s1. The van der Waals surface area contributed by atoms with Crippen LogP contribution in [-0.2, 0) is 21.4 Å². The molecular formula is C25H28BrCl2N3O2. The van der Waals surface area contributed by atoms with Gasteiger partial charge in [-0.25, -0.2) is 0 Å². The van der Waals surface area contributed by atoms with E-state index in [1.54, 1.807) is 12.1 Å². The highest BCUT2D eigenvalue weighted by Gasteiger charge is 2.53. The van der Waals surface area contributed by atoms with Crippen molar-refractivity contribution in [1.82, 2.24) is 10.2 Å². The maximum absolute atomic E-state index is 13.5. The molecule has 1 atom stereocenters. The number of carbonyl (C=O) groups excluding carboxylic acids is 2. The van der Waals surface area contributed by atoms with E-state index in [-0.39, 0.29) is 17.4 Å². The van der Waals surface area contributed by atoms with Gasteiger partial charge in [-0.2, -0.15) is 0 Å². The maximum Gasteiger partial charge on any atom is 0.245 e. The molecule has 4 rings (SSSR count). The number of hydrogen-bond acceptors (Lipinski definition) is 3. The minimum Gasteiger partial charge on any atom is -0.343 e. The number of likely N-dealkylation sites (tertiary alicyclic amines) is 1. The molecule has 33 heavy (non-hydrogen) atoms. The van der Waals surface area contributed by atoms with Crippen molar-refractivity contribution in [2.45, 2.75) is 56.0 Å². The summed E-state index contributed by atoms with van der Waals surface area (Å²) in [6, 6.07) is 12.4. The predicted octanol–water partition coefficient (Wildman–Crippen LogP) is 4.85. The van der Waals surface area contributed by atoms with Crippen LogP contribution in [0.15, 0.2) is 46.9 Å². The normalized spacial score (nSPS) is 19.6. The lowest BCUT2D eigenvalue weighted by Gasteiger charge is -2.38. The molecule has 0 radical (unpaired) electrons. The Bertz CT molecular complexity index is 1040. The molecular weight excluding hydrogens is 525 g/mol. The fourth-order valence-electron chi connectivity index (χ4n) is 4.43. The van der Waals surface area contributed by atoms with Gasteiger partial charge in [-0.05, 0) is 68.0 Å². The zero-order chi connectivity index (χ0) is 23.8. The third kappa shape index (κ3) is 5.56. The van der Waals surface area contributed by atoms with Crippen LogP contribution in [0.4, 0.5) is 0 Å². The van der Waals surface area contributed by atoms with Gasteiger partial charge < -0.3 is 16.0 Å². The molecule has 1 saturated carbocycles. The molecule has 0 unspecified atom stereocenters. The lowest BCUT2D eigenvalue weighted by Crippen LogP contribution is -2.56. The topological polar surface area (TPSA) is 75.4 Å². The minimum absolute atomic E-state index is 0.0697. The average molecular weight is 553 g/mol. The Morgan fingerprint density at radius 2 is 1.73 bits per heavy atom. The van der Waals surface area contributed by atoms with Crippen LogP contribution in [0.3, 0.4) is 0 Å². The molecule has 1 saturated heterocycles. The van der Waals surface area contributed by atoms with Gasteiger partial charge in [0.2, 0.25) is 11.8 Å². The molecule has 2 aromatic rings. The summed E-state index contributed by atoms with van der Waals surface area (Å²) < 4.78 is 0.964. The van der Waals surface area contributed by atoms with E-state index in [0.717, 1.165) is 28.4 Å². The Kier molecular flexibility index (Phi) is 7.11. The molecule has 0 bridgehead atoms. The second kappa shape index (κ2) is 9.57. The quantitative estimate of drug-likeness (QED) is 0.537. The molecule has 2 fully saturated rings. The Morgan fingerprint density at radius 3 is 2.30 bits per heavy atom. The number of amides is 2. The molecule has 2 amide bonds. The van der Waals surface area contributed by atoms with Crippen LogP contribution in [0.5, 0.6) is 0 Å². The molecule has 1 aliphatic heterocycles. The molecule has 3 N–H and O–H groups in total. The molecule has 1 aliphatic carbocycles. The summed E-state index contributed by atoms with van der Waals surface area (Å²) in [7, 11) is 0. The van der Waals surface area contributed by atoms with Crippen molar-refractivity contribution < 1.29 is 9.59 Å². The number of piperidine rings is 1. The molecule has 1 heterocycles. The van der Waals surface area contributed by atoms with E-state index in [0.29, 0.717) is 42.4 Å². The van der Waals surface area contributed by atoms with Gasteiger partial charge in [-0.1, -0.05) is 57.3 Å². The average Bonchev–Trinajstić information content (AvgIpc) is 3.56. The van der Waals surface area contributed by atoms with E-state index < -0.39 is 11.5 Å². The van der Waals surface area contributed by atoms with E-state index >= 15 is 0 Å². The van der Waals surface area contributed by atoms with E-state index in [1.807, 2.05) is 42.2 Å². The minimum atomic E-state index is -0.711. The number of halogens is 3. The summed E-state index contributed by atoms with van der Waals surface area (Å²) in [5, 5.41) is 4.08. The van der Waals surface area contributed by atoms with Crippen LogP contribution in [0.25, 0.3) is 0 Å². The molecule has 8 heteroatoms. The zero-order valence-electron chi connectivity index (χ0n) is 18.5. The number of nitrogens with two attached hydrogens (primary N) is 1. The van der Waals surface area contributed by atoms with Gasteiger partial charge in [0, 0.05) is 39.6 Å². The zero-order valence-corrected chi connectivity index (χ0v) is 21.6. The highest BCUT2D eigenvalue weighted by atomic mass is 79.9. The molecule has 2 aliphatic rings. The number of hydrogen-bond donors (Lipinski definition) is 2. The Hall–Kier alpha value is -1.60. The summed E-state index contributed by atoms with van der Waals surface area (Å²) >= 11 is 15.9. The first-order chi connectivity index (χ1) is 15.6. The lowest BCUT2D eigenvalue weighted by molar-refractivity contribution is -0.138. The van der Waals surface area contributed by atoms with Gasteiger partial charge in [-0.3, -0.25) is 9.59 Å². The van der Waals surface area contributed by atoms with Crippen LogP contribution in [0.1, 0.15) is 43.7 Å². The van der Waals surface area contributed by atoms with Gasteiger partial charge in [0.1, 0.15) is 6.04 Å². The fraction of sp³-hybridized carbons (Fsp3) is 0.440. The van der Waals surface area contributed by atoms with E-state index in [9.17, 15) is 9.59 Å². The summed E-state index contributed by atoms with van der Waals surface area (Å²) in [4.78, 5) is 28.9. The summed E-state index contributed by atoms with van der Waals surface area (Å²) in [6.45, 7) is 3.20. The fourth-order valence-corrected chi connectivity index (χ4v) is 5.29. The Morgan fingerprint density at radius 1 is 1.09 bits per heavy atom.